The average Bonchev–Trinajstić information content (AvgIpc) is 2.84. The molecule has 2 N–H and O–H groups in total. The van der Waals surface area contributed by atoms with Gasteiger partial charge in [-0.15, -0.1) is 0 Å². The predicted octanol–water partition coefficient (Wildman–Crippen LogP) is 1.70. The molecule has 4 nitrogen and oxygen atoms in total. The third-order valence-electron chi connectivity index (χ3n) is 2.95. The minimum Gasteiger partial charge on any atom is -0.320 e. The molecule has 1 fully saturated rings. The second-order valence-corrected chi connectivity index (χ2v) is 4.28. The molecule has 0 unspecified atom stereocenters. The fourth-order valence-electron chi connectivity index (χ4n) is 1.74. The van der Waals surface area contributed by atoms with Gasteiger partial charge in [0.2, 0.25) is 0 Å². The number of fused-ring (bicyclic) bond motifs is 1. The minimum absolute atomic E-state index is 0.173. The van der Waals surface area contributed by atoms with Gasteiger partial charge in [-0.3, -0.25) is 0 Å². The Morgan fingerprint density at radius 3 is 2.65 bits per heavy atom. The molecule has 0 amide bonds. The summed E-state index contributed by atoms with van der Waals surface area (Å²) in [6, 6.07) is 2.42. The normalized spacial score (nSPS) is 18.6. The number of halogens is 3. The van der Waals surface area contributed by atoms with E-state index in [0.717, 1.165) is 29.6 Å². The zero-order chi connectivity index (χ0) is 12.3. The molecule has 2 heterocycles. The summed E-state index contributed by atoms with van der Waals surface area (Å²) in [6.07, 6.45) is -1.83. The van der Waals surface area contributed by atoms with Crippen molar-refractivity contribution in [3.05, 3.63) is 29.7 Å². The van der Waals surface area contributed by atoms with Crippen LogP contribution in [0.15, 0.2) is 18.3 Å². The van der Waals surface area contributed by atoms with Crippen molar-refractivity contribution in [1.29, 1.82) is 0 Å². The van der Waals surface area contributed by atoms with Gasteiger partial charge in [0, 0.05) is 12.3 Å². The lowest BCUT2D eigenvalue weighted by atomic mass is 10.2. The Morgan fingerprint density at radius 1 is 1.35 bits per heavy atom. The van der Waals surface area contributed by atoms with E-state index in [4.69, 9.17) is 5.73 Å². The molecule has 3 rings (SSSR count). The molecule has 0 atom stereocenters. The molecule has 17 heavy (non-hydrogen) atoms. The van der Waals surface area contributed by atoms with Gasteiger partial charge in [-0.25, -0.2) is 9.50 Å². The minimum atomic E-state index is -4.45. The highest BCUT2D eigenvalue weighted by Crippen LogP contribution is 2.42. The first-order valence-corrected chi connectivity index (χ1v) is 5.11. The highest BCUT2D eigenvalue weighted by atomic mass is 19.4. The van der Waals surface area contributed by atoms with Gasteiger partial charge in [0.15, 0.2) is 5.65 Å². The summed E-state index contributed by atoms with van der Waals surface area (Å²) in [6.45, 7) is 0. The zero-order valence-corrected chi connectivity index (χ0v) is 8.70. The Morgan fingerprint density at radius 2 is 2.06 bits per heavy atom. The van der Waals surface area contributed by atoms with Gasteiger partial charge < -0.3 is 5.73 Å². The molecule has 90 valence electrons. The van der Waals surface area contributed by atoms with E-state index in [-0.39, 0.29) is 5.65 Å². The molecule has 0 bridgehead atoms. The first kappa shape index (κ1) is 10.5. The SMILES string of the molecule is NC1(c2cc3nccc(C(F)(F)F)n3n2)CC1. The van der Waals surface area contributed by atoms with Gasteiger partial charge in [-0.05, 0) is 18.9 Å². The van der Waals surface area contributed by atoms with E-state index in [1.54, 1.807) is 0 Å². The average molecular weight is 242 g/mol. The molecule has 1 aliphatic rings. The number of nitrogens with zero attached hydrogens (tertiary/aromatic N) is 3. The summed E-state index contributed by atoms with van der Waals surface area (Å²) >= 11 is 0. The van der Waals surface area contributed by atoms with Gasteiger partial charge in [-0.2, -0.15) is 18.3 Å². The van der Waals surface area contributed by atoms with Gasteiger partial charge in [0.25, 0.3) is 0 Å². The van der Waals surface area contributed by atoms with Crippen molar-refractivity contribution in [2.75, 3.05) is 0 Å². The maximum Gasteiger partial charge on any atom is 0.433 e. The van der Waals surface area contributed by atoms with Crippen LogP contribution in [0.1, 0.15) is 24.2 Å². The topological polar surface area (TPSA) is 56.2 Å². The molecular formula is C10H9F3N4. The van der Waals surface area contributed by atoms with Crippen molar-refractivity contribution in [3.63, 3.8) is 0 Å². The van der Waals surface area contributed by atoms with Crippen molar-refractivity contribution in [3.8, 4) is 0 Å². The third kappa shape index (κ3) is 1.57. The Balaban J connectivity index is 2.22. The van der Waals surface area contributed by atoms with Gasteiger partial charge in [0.05, 0.1) is 11.2 Å². The molecular weight excluding hydrogens is 233 g/mol. The van der Waals surface area contributed by atoms with E-state index < -0.39 is 17.4 Å². The van der Waals surface area contributed by atoms with Gasteiger partial charge in [0.1, 0.15) is 5.69 Å². The Labute approximate surface area is 94.2 Å². The van der Waals surface area contributed by atoms with Crippen LogP contribution in [0.25, 0.3) is 5.65 Å². The number of hydrogen-bond acceptors (Lipinski definition) is 3. The van der Waals surface area contributed by atoms with Gasteiger partial charge >= 0.3 is 6.18 Å². The van der Waals surface area contributed by atoms with Crippen LogP contribution in [0.5, 0.6) is 0 Å². The second-order valence-electron chi connectivity index (χ2n) is 4.28. The van der Waals surface area contributed by atoms with Crippen LogP contribution < -0.4 is 5.73 Å². The summed E-state index contributed by atoms with van der Waals surface area (Å²) in [5.74, 6) is 0. The lowest BCUT2D eigenvalue weighted by Crippen LogP contribution is -2.20. The maximum absolute atomic E-state index is 12.7. The maximum atomic E-state index is 12.7. The van der Waals surface area contributed by atoms with Crippen LogP contribution in [-0.4, -0.2) is 14.6 Å². The number of aromatic nitrogens is 3. The lowest BCUT2D eigenvalue weighted by molar-refractivity contribution is -0.142. The van der Waals surface area contributed by atoms with E-state index in [1.165, 1.54) is 6.07 Å². The molecule has 2 aromatic heterocycles. The standard InChI is InChI=1S/C10H9F3N4/c11-10(12,13)7-1-4-15-8-5-6(16-17(7)8)9(14)2-3-9/h1,4-5H,2-3,14H2. The highest BCUT2D eigenvalue weighted by Gasteiger charge is 2.43. The quantitative estimate of drug-likeness (QED) is 0.828. The second kappa shape index (κ2) is 2.98. The predicted molar refractivity (Wildman–Crippen MR) is 53.1 cm³/mol. The molecule has 0 aliphatic heterocycles. The smallest absolute Gasteiger partial charge is 0.320 e. The summed E-state index contributed by atoms with van der Waals surface area (Å²) in [5, 5.41) is 3.92. The molecule has 1 saturated carbocycles. The molecule has 0 spiro atoms. The molecule has 0 saturated heterocycles. The monoisotopic (exact) mass is 242 g/mol. The fraction of sp³-hybridized carbons (Fsp3) is 0.400. The van der Waals surface area contributed by atoms with Crippen molar-refractivity contribution in [2.24, 2.45) is 5.73 Å². The number of alkyl halides is 3. The number of hydrogen-bond donors (Lipinski definition) is 1. The molecule has 7 heteroatoms. The lowest BCUT2D eigenvalue weighted by Gasteiger charge is -2.07. The van der Waals surface area contributed by atoms with Crippen molar-refractivity contribution < 1.29 is 13.2 Å². The fourth-order valence-corrected chi connectivity index (χ4v) is 1.74. The van der Waals surface area contributed by atoms with E-state index in [2.05, 4.69) is 10.1 Å². The Kier molecular flexibility index (Phi) is 1.84. The largest absolute Gasteiger partial charge is 0.433 e. The number of nitrogens with two attached hydrogens (primary N) is 1. The molecule has 0 aromatic carbocycles. The van der Waals surface area contributed by atoms with Crippen molar-refractivity contribution in [1.82, 2.24) is 14.6 Å². The Hall–Kier alpha value is -1.63. The zero-order valence-electron chi connectivity index (χ0n) is 8.70. The van der Waals surface area contributed by atoms with Crippen LogP contribution in [0.2, 0.25) is 0 Å². The highest BCUT2D eigenvalue weighted by molar-refractivity contribution is 5.43. The molecule has 0 radical (unpaired) electrons. The van der Waals surface area contributed by atoms with Crippen LogP contribution in [0, 0.1) is 0 Å². The van der Waals surface area contributed by atoms with E-state index in [9.17, 15) is 13.2 Å². The van der Waals surface area contributed by atoms with E-state index in [1.807, 2.05) is 0 Å². The molecule has 1 aliphatic carbocycles. The van der Waals surface area contributed by atoms with Crippen LogP contribution in [-0.2, 0) is 11.7 Å². The summed E-state index contributed by atoms with van der Waals surface area (Å²) < 4.78 is 39.0. The van der Waals surface area contributed by atoms with Crippen molar-refractivity contribution >= 4 is 5.65 Å². The van der Waals surface area contributed by atoms with E-state index in [0.29, 0.717) is 5.69 Å². The third-order valence-corrected chi connectivity index (χ3v) is 2.95. The summed E-state index contributed by atoms with van der Waals surface area (Å²) in [4.78, 5) is 3.86. The Bertz CT molecular complexity index is 583. The number of rotatable bonds is 1. The van der Waals surface area contributed by atoms with Crippen LogP contribution >= 0.6 is 0 Å². The first-order valence-electron chi connectivity index (χ1n) is 5.11. The van der Waals surface area contributed by atoms with Gasteiger partial charge in [-0.1, -0.05) is 0 Å². The van der Waals surface area contributed by atoms with Crippen molar-refractivity contribution in [2.45, 2.75) is 24.6 Å². The molecule has 2 aromatic rings. The van der Waals surface area contributed by atoms with E-state index >= 15 is 0 Å². The first-order chi connectivity index (χ1) is 7.90. The van der Waals surface area contributed by atoms with Crippen LogP contribution in [0.3, 0.4) is 0 Å². The summed E-state index contributed by atoms with van der Waals surface area (Å²) in [7, 11) is 0. The summed E-state index contributed by atoms with van der Waals surface area (Å²) in [5.41, 5.74) is 5.16. The van der Waals surface area contributed by atoms with Crippen LogP contribution in [0.4, 0.5) is 13.2 Å².